The van der Waals surface area contributed by atoms with Gasteiger partial charge in [-0.05, 0) is 84.7 Å². The lowest BCUT2D eigenvalue weighted by atomic mass is 10.2. The number of nitrogens with zero attached hydrogens (tertiary/aromatic N) is 2. The lowest BCUT2D eigenvalue weighted by Gasteiger charge is -2.14. The van der Waals surface area contributed by atoms with E-state index in [2.05, 4.69) is 31.3 Å². The van der Waals surface area contributed by atoms with E-state index in [-0.39, 0.29) is 0 Å². The van der Waals surface area contributed by atoms with Gasteiger partial charge >= 0.3 is 0 Å². The van der Waals surface area contributed by atoms with Crippen LogP contribution in [-0.2, 0) is 0 Å². The Morgan fingerprint density at radius 2 is 1.09 bits per heavy atom. The molecule has 0 saturated carbocycles. The Kier molecular flexibility index (Phi) is 6.41. The second-order valence-corrected chi connectivity index (χ2v) is 9.06. The molecule has 0 aliphatic carbocycles. The second kappa shape index (κ2) is 9.94. The van der Waals surface area contributed by atoms with Crippen molar-refractivity contribution < 1.29 is 0 Å². The molecule has 0 spiro atoms. The van der Waals surface area contributed by atoms with Gasteiger partial charge in [0.05, 0.1) is 11.0 Å². The first-order valence-electron chi connectivity index (χ1n) is 10.4. The molecular formula is C26H20BrN5S. The summed E-state index contributed by atoms with van der Waals surface area (Å²) in [6, 6.07) is 34.2. The predicted molar refractivity (Wildman–Crippen MR) is 143 cm³/mol. The number of anilines is 5. The zero-order chi connectivity index (χ0) is 22.5. The van der Waals surface area contributed by atoms with E-state index in [1.165, 1.54) is 11.9 Å². The van der Waals surface area contributed by atoms with Gasteiger partial charge in [-0.2, -0.15) is 0 Å². The van der Waals surface area contributed by atoms with E-state index in [9.17, 15) is 0 Å². The summed E-state index contributed by atoms with van der Waals surface area (Å²) in [4.78, 5) is 10.7. The number of aromatic nitrogens is 2. The molecule has 0 bridgehead atoms. The first-order chi connectivity index (χ1) is 16.2. The molecule has 33 heavy (non-hydrogen) atoms. The summed E-state index contributed by atoms with van der Waals surface area (Å²) < 4.78 is 4.40. The minimum atomic E-state index is 0.669. The number of halogens is 1. The molecular weight excluding hydrogens is 494 g/mol. The fourth-order valence-corrected chi connectivity index (χ4v) is 4.12. The molecule has 0 amide bonds. The zero-order valence-corrected chi connectivity index (χ0v) is 19.9. The summed E-state index contributed by atoms with van der Waals surface area (Å²) in [6.07, 6.45) is 0. The van der Waals surface area contributed by atoms with E-state index in [1.54, 1.807) is 0 Å². The Bertz CT molecular complexity index is 1360. The van der Waals surface area contributed by atoms with Crippen LogP contribution >= 0.6 is 27.9 Å². The normalized spacial score (nSPS) is 10.7. The Labute approximate surface area is 204 Å². The Balaban J connectivity index is 1.37. The minimum absolute atomic E-state index is 0.669. The van der Waals surface area contributed by atoms with Crippen LogP contribution in [0.5, 0.6) is 0 Å². The fraction of sp³-hybridized carbons (Fsp3) is 0. The minimum Gasteiger partial charge on any atom is -0.356 e. The van der Waals surface area contributed by atoms with Gasteiger partial charge in [-0.1, -0.05) is 46.3 Å². The van der Waals surface area contributed by atoms with Gasteiger partial charge in [0.15, 0.2) is 11.6 Å². The molecule has 0 unspecified atom stereocenters. The summed E-state index contributed by atoms with van der Waals surface area (Å²) in [6.45, 7) is 0. The molecule has 1 aromatic heterocycles. The topological polar surface area (TPSA) is 61.9 Å². The molecule has 162 valence electrons. The third kappa shape index (κ3) is 5.45. The van der Waals surface area contributed by atoms with Crippen molar-refractivity contribution in [2.45, 2.75) is 4.90 Å². The molecule has 1 heterocycles. The smallest absolute Gasteiger partial charge is 0.180 e. The van der Waals surface area contributed by atoms with Crippen molar-refractivity contribution in [3.8, 4) is 0 Å². The van der Waals surface area contributed by atoms with Crippen LogP contribution in [-0.4, -0.2) is 9.97 Å². The molecule has 5 rings (SSSR count). The van der Waals surface area contributed by atoms with Crippen molar-refractivity contribution in [3.63, 3.8) is 0 Å². The quantitative estimate of drug-likeness (QED) is 0.191. The summed E-state index contributed by atoms with van der Waals surface area (Å²) in [5.41, 5.74) is 4.66. The number of fused-ring (bicyclic) bond motifs is 1. The van der Waals surface area contributed by atoms with Gasteiger partial charge in [0.2, 0.25) is 0 Å². The number of nitrogens with one attached hydrogen (secondary N) is 3. The first-order valence-corrected chi connectivity index (χ1v) is 12.0. The van der Waals surface area contributed by atoms with E-state index in [0.29, 0.717) is 11.6 Å². The van der Waals surface area contributed by atoms with Crippen LogP contribution in [0.15, 0.2) is 112 Å². The highest BCUT2D eigenvalue weighted by Gasteiger charge is 2.10. The summed E-state index contributed by atoms with van der Waals surface area (Å²) >= 11 is 4.97. The molecule has 7 heteroatoms. The summed E-state index contributed by atoms with van der Waals surface area (Å²) in [5.74, 6) is 1.34. The van der Waals surface area contributed by atoms with Gasteiger partial charge in [-0.15, -0.1) is 0 Å². The molecule has 5 nitrogen and oxygen atoms in total. The van der Waals surface area contributed by atoms with E-state index in [1.807, 2.05) is 103 Å². The number of benzene rings is 4. The monoisotopic (exact) mass is 513 g/mol. The number of hydrogen-bond acceptors (Lipinski definition) is 6. The van der Waals surface area contributed by atoms with Crippen LogP contribution in [0.2, 0.25) is 0 Å². The van der Waals surface area contributed by atoms with Gasteiger partial charge < -0.3 is 15.4 Å². The van der Waals surface area contributed by atoms with Crippen LogP contribution in [0.4, 0.5) is 28.7 Å². The van der Waals surface area contributed by atoms with E-state index in [0.717, 1.165) is 37.5 Å². The van der Waals surface area contributed by atoms with E-state index >= 15 is 0 Å². The Morgan fingerprint density at radius 1 is 0.545 bits per heavy atom. The number of hydrogen-bond donors (Lipinski definition) is 3. The van der Waals surface area contributed by atoms with Crippen LogP contribution in [0.3, 0.4) is 0 Å². The van der Waals surface area contributed by atoms with Gasteiger partial charge in [-0.3, -0.25) is 0 Å². The van der Waals surface area contributed by atoms with Crippen molar-refractivity contribution in [3.05, 3.63) is 108 Å². The third-order valence-corrected chi connectivity index (χ3v) is 6.19. The fourth-order valence-electron chi connectivity index (χ4n) is 3.23. The molecule has 0 atom stereocenters. The number of rotatable bonds is 7. The van der Waals surface area contributed by atoms with Gasteiger partial charge in [-0.25, -0.2) is 9.97 Å². The molecule has 3 N–H and O–H groups in total. The largest absolute Gasteiger partial charge is 0.356 e. The van der Waals surface area contributed by atoms with Crippen LogP contribution < -0.4 is 15.4 Å². The van der Waals surface area contributed by atoms with Crippen molar-refractivity contribution in [2.75, 3.05) is 15.4 Å². The van der Waals surface area contributed by atoms with Crippen molar-refractivity contribution in [2.24, 2.45) is 0 Å². The summed E-state index contributed by atoms with van der Waals surface area (Å²) in [5, 5.41) is 6.81. The summed E-state index contributed by atoms with van der Waals surface area (Å²) in [7, 11) is 0. The van der Waals surface area contributed by atoms with E-state index < -0.39 is 0 Å². The maximum atomic E-state index is 4.81. The maximum Gasteiger partial charge on any atom is 0.180 e. The van der Waals surface area contributed by atoms with Crippen molar-refractivity contribution in [1.29, 1.82) is 0 Å². The Hall–Kier alpha value is -3.55. The van der Waals surface area contributed by atoms with Crippen LogP contribution in [0, 0.1) is 0 Å². The van der Waals surface area contributed by atoms with Crippen molar-refractivity contribution >= 4 is 67.6 Å². The maximum absolute atomic E-state index is 4.81. The lowest BCUT2D eigenvalue weighted by Crippen LogP contribution is -2.02. The molecule has 4 aromatic carbocycles. The standard InChI is InChI=1S/C26H20BrN5S/c27-18-10-16-22(17-11-18)33-32-26-25(30-23-8-4-5-9-24(23)31-26)29-21-14-12-20(13-15-21)28-19-6-2-1-3-7-19/h1-17,28H,(H,29,30)(H,31,32). The molecule has 0 aliphatic heterocycles. The average Bonchev–Trinajstić information content (AvgIpc) is 2.85. The average molecular weight is 514 g/mol. The second-order valence-electron chi connectivity index (χ2n) is 7.26. The van der Waals surface area contributed by atoms with Gasteiger partial charge in [0, 0.05) is 26.4 Å². The molecule has 0 fully saturated rings. The highest BCUT2D eigenvalue weighted by molar-refractivity contribution is 9.10. The van der Waals surface area contributed by atoms with E-state index in [4.69, 9.17) is 9.97 Å². The molecule has 5 aromatic rings. The third-order valence-electron chi connectivity index (χ3n) is 4.86. The molecule has 0 aliphatic rings. The van der Waals surface area contributed by atoms with Crippen molar-refractivity contribution in [1.82, 2.24) is 9.97 Å². The molecule has 0 saturated heterocycles. The Morgan fingerprint density at radius 3 is 1.76 bits per heavy atom. The first kappa shape index (κ1) is 21.3. The molecule has 0 radical (unpaired) electrons. The highest BCUT2D eigenvalue weighted by atomic mass is 79.9. The lowest BCUT2D eigenvalue weighted by molar-refractivity contribution is 1.28. The van der Waals surface area contributed by atoms with Crippen LogP contribution in [0.1, 0.15) is 0 Å². The SMILES string of the molecule is Brc1ccc(SNc2nc3ccccc3nc2Nc2ccc(Nc3ccccc3)cc2)cc1. The predicted octanol–water partition coefficient (Wildman–Crippen LogP) is 8.00. The van der Waals surface area contributed by atoms with Gasteiger partial charge in [0.25, 0.3) is 0 Å². The highest BCUT2D eigenvalue weighted by Crippen LogP contribution is 2.30. The zero-order valence-electron chi connectivity index (χ0n) is 17.5. The van der Waals surface area contributed by atoms with Gasteiger partial charge in [0.1, 0.15) is 0 Å². The van der Waals surface area contributed by atoms with Crippen LogP contribution in [0.25, 0.3) is 11.0 Å². The number of para-hydroxylation sites is 3.